The lowest BCUT2D eigenvalue weighted by Gasteiger charge is -2.34. The number of aliphatic hydroxyl groups is 1. The van der Waals surface area contributed by atoms with Gasteiger partial charge >= 0.3 is 0 Å². The lowest BCUT2D eigenvalue weighted by molar-refractivity contribution is -0.148. The largest absolute Gasteiger partial charge is 0.380 e. The fraction of sp³-hybridized carbons (Fsp3) is 0.889. The minimum Gasteiger partial charge on any atom is -0.380 e. The zero-order chi connectivity index (χ0) is 8.77. The van der Waals surface area contributed by atoms with Gasteiger partial charge in [-0.15, -0.1) is 0 Å². The van der Waals surface area contributed by atoms with Crippen molar-refractivity contribution in [1.29, 1.82) is 0 Å². The van der Waals surface area contributed by atoms with E-state index in [1.165, 1.54) is 0 Å². The molecule has 0 spiro atoms. The first-order valence-corrected chi connectivity index (χ1v) is 4.65. The molecular formula is C9H15NO2. The predicted molar refractivity (Wildman–Crippen MR) is 44.5 cm³/mol. The SMILES string of the molecule is C[C@@H]1C[C@H]1NC(=O)C1(O)CCC1. The normalized spacial score (nSPS) is 36.8. The van der Waals surface area contributed by atoms with Crippen LogP contribution in [-0.2, 0) is 4.79 Å². The average Bonchev–Trinajstić information content (AvgIpc) is 2.61. The highest BCUT2D eigenvalue weighted by Gasteiger charge is 2.45. The van der Waals surface area contributed by atoms with Crippen molar-refractivity contribution in [1.82, 2.24) is 5.32 Å². The van der Waals surface area contributed by atoms with Crippen LogP contribution in [0.3, 0.4) is 0 Å². The van der Waals surface area contributed by atoms with Crippen molar-refractivity contribution in [3.05, 3.63) is 0 Å². The lowest BCUT2D eigenvalue weighted by Crippen LogP contribution is -2.52. The summed E-state index contributed by atoms with van der Waals surface area (Å²) in [5.41, 5.74) is -1.01. The van der Waals surface area contributed by atoms with Gasteiger partial charge in [0.2, 0.25) is 0 Å². The minimum atomic E-state index is -1.01. The van der Waals surface area contributed by atoms with Gasteiger partial charge in [0.25, 0.3) is 5.91 Å². The third kappa shape index (κ3) is 1.22. The van der Waals surface area contributed by atoms with Gasteiger partial charge in [0, 0.05) is 6.04 Å². The summed E-state index contributed by atoms with van der Waals surface area (Å²) in [6.45, 7) is 2.11. The molecule has 2 rings (SSSR count). The van der Waals surface area contributed by atoms with Gasteiger partial charge in [0.1, 0.15) is 5.60 Å². The highest BCUT2D eigenvalue weighted by atomic mass is 16.3. The fourth-order valence-electron chi connectivity index (χ4n) is 1.56. The topological polar surface area (TPSA) is 49.3 Å². The molecule has 3 nitrogen and oxygen atoms in total. The van der Waals surface area contributed by atoms with E-state index in [0.717, 1.165) is 12.8 Å². The second-order valence-corrected chi connectivity index (χ2v) is 4.18. The van der Waals surface area contributed by atoms with E-state index >= 15 is 0 Å². The van der Waals surface area contributed by atoms with Crippen LogP contribution in [0.5, 0.6) is 0 Å². The van der Waals surface area contributed by atoms with Gasteiger partial charge in [-0.3, -0.25) is 4.79 Å². The van der Waals surface area contributed by atoms with E-state index in [1.807, 2.05) is 0 Å². The maximum atomic E-state index is 11.4. The third-order valence-corrected chi connectivity index (χ3v) is 3.03. The molecule has 3 heteroatoms. The molecule has 0 unspecified atom stereocenters. The van der Waals surface area contributed by atoms with E-state index in [2.05, 4.69) is 12.2 Å². The quantitative estimate of drug-likeness (QED) is 0.629. The summed E-state index contributed by atoms with van der Waals surface area (Å²) in [6.07, 6.45) is 3.33. The maximum absolute atomic E-state index is 11.4. The molecular weight excluding hydrogens is 154 g/mol. The van der Waals surface area contributed by atoms with Gasteiger partial charge in [-0.05, 0) is 31.6 Å². The van der Waals surface area contributed by atoms with E-state index in [4.69, 9.17) is 0 Å². The Labute approximate surface area is 72.2 Å². The van der Waals surface area contributed by atoms with E-state index in [0.29, 0.717) is 24.8 Å². The van der Waals surface area contributed by atoms with E-state index in [9.17, 15) is 9.90 Å². The first-order valence-electron chi connectivity index (χ1n) is 4.65. The first-order chi connectivity index (χ1) is 5.62. The number of hydrogen-bond donors (Lipinski definition) is 2. The van der Waals surface area contributed by atoms with Crippen LogP contribution in [0, 0.1) is 5.92 Å². The second-order valence-electron chi connectivity index (χ2n) is 4.18. The lowest BCUT2D eigenvalue weighted by atomic mass is 9.79. The van der Waals surface area contributed by atoms with Crippen molar-refractivity contribution in [2.75, 3.05) is 0 Å². The molecule has 68 valence electrons. The van der Waals surface area contributed by atoms with Crippen LogP contribution in [0.1, 0.15) is 32.6 Å². The number of rotatable bonds is 2. The van der Waals surface area contributed by atoms with E-state index in [1.54, 1.807) is 0 Å². The van der Waals surface area contributed by atoms with Crippen molar-refractivity contribution in [3.8, 4) is 0 Å². The Morgan fingerprint density at radius 1 is 1.58 bits per heavy atom. The molecule has 0 aromatic rings. The molecule has 2 atom stereocenters. The Balaban J connectivity index is 1.84. The Morgan fingerprint density at radius 3 is 2.50 bits per heavy atom. The third-order valence-electron chi connectivity index (χ3n) is 3.03. The molecule has 0 aromatic heterocycles. The molecule has 12 heavy (non-hydrogen) atoms. The van der Waals surface area contributed by atoms with Crippen LogP contribution in [0.25, 0.3) is 0 Å². The maximum Gasteiger partial charge on any atom is 0.252 e. The standard InChI is InChI=1S/C9H15NO2/c1-6-5-7(6)10-8(11)9(12)3-2-4-9/h6-7,12H,2-5H2,1H3,(H,10,11)/t6-,7-/m1/s1. The Kier molecular flexibility index (Phi) is 1.65. The molecule has 2 fully saturated rings. The van der Waals surface area contributed by atoms with Crippen LogP contribution >= 0.6 is 0 Å². The summed E-state index contributed by atoms with van der Waals surface area (Å²) in [6, 6.07) is 0.335. The molecule has 0 bridgehead atoms. The summed E-state index contributed by atoms with van der Waals surface area (Å²) >= 11 is 0. The van der Waals surface area contributed by atoms with Crippen molar-refractivity contribution in [3.63, 3.8) is 0 Å². The molecule has 2 aliphatic carbocycles. The van der Waals surface area contributed by atoms with E-state index in [-0.39, 0.29) is 5.91 Å². The van der Waals surface area contributed by atoms with Gasteiger partial charge in [-0.25, -0.2) is 0 Å². The summed E-state index contributed by atoms with van der Waals surface area (Å²) in [5.74, 6) is 0.459. The molecule has 2 aliphatic rings. The van der Waals surface area contributed by atoms with Gasteiger partial charge in [-0.1, -0.05) is 6.92 Å². The Bertz CT molecular complexity index is 211. The average molecular weight is 169 g/mol. The van der Waals surface area contributed by atoms with Crippen molar-refractivity contribution in [2.24, 2.45) is 5.92 Å². The molecule has 2 N–H and O–H groups in total. The second kappa shape index (κ2) is 2.46. The zero-order valence-corrected chi connectivity index (χ0v) is 7.34. The highest BCUT2D eigenvalue weighted by Crippen LogP contribution is 2.34. The number of amides is 1. The first kappa shape index (κ1) is 8.05. The fourth-order valence-corrected chi connectivity index (χ4v) is 1.56. The van der Waals surface area contributed by atoms with Gasteiger partial charge in [0.15, 0.2) is 0 Å². The number of carbonyl (C=O) groups excluding carboxylic acids is 1. The number of carbonyl (C=O) groups is 1. The number of hydrogen-bond acceptors (Lipinski definition) is 2. The summed E-state index contributed by atoms with van der Waals surface area (Å²) in [4.78, 5) is 11.4. The molecule has 0 aromatic carbocycles. The minimum absolute atomic E-state index is 0.150. The molecule has 0 saturated heterocycles. The summed E-state index contributed by atoms with van der Waals surface area (Å²) in [7, 11) is 0. The molecule has 1 amide bonds. The van der Waals surface area contributed by atoms with Crippen LogP contribution < -0.4 is 5.32 Å². The van der Waals surface area contributed by atoms with Gasteiger partial charge in [-0.2, -0.15) is 0 Å². The Hall–Kier alpha value is -0.570. The monoisotopic (exact) mass is 169 g/mol. The molecule has 0 aliphatic heterocycles. The van der Waals surface area contributed by atoms with Gasteiger partial charge in [0.05, 0.1) is 0 Å². The van der Waals surface area contributed by atoms with Crippen LogP contribution in [0.2, 0.25) is 0 Å². The molecule has 0 radical (unpaired) electrons. The van der Waals surface area contributed by atoms with Crippen molar-refractivity contribution >= 4 is 5.91 Å². The highest BCUT2D eigenvalue weighted by molar-refractivity contribution is 5.86. The van der Waals surface area contributed by atoms with Crippen LogP contribution in [-0.4, -0.2) is 22.7 Å². The summed E-state index contributed by atoms with van der Waals surface area (Å²) in [5, 5.41) is 12.5. The van der Waals surface area contributed by atoms with Crippen LogP contribution in [0.4, 0.5) is 0 Å². The van der Waals surface area contributed by atoms with E-state index < -0.39 is 5.60 Å². The van der Waals surface area contributed by atoms with Crippen LogP contribution in [0.15, 0.2) is 0 Å². The van der Waals surface area contributed by atoms with Crippen molar-refractivity contribution < 1.29 is 9.90 Å². The zero-order valence-electron chi connectivity index (χ0n) is 7.34. The Morgan fingerprint density at radius 2 is 2.17 bits per heavy atom. The predicted octanol–water partition coefficient (Wildman–Crippen LogP) is 0.426. The summed E-state index contributed by atoms with van der Waals surface area (Å²) < 4.78 is 0. The molecule has 2 saturated carbocycles. The molecule has 0 heterocycles. The van der Waals surface area contributed by atoms with Gasteiger partial charge < -0.3 is 10.4 Å². The smallest absolute Gasteiger partial charge is 0.252 e. The van der Waals surface area contributed by atoms with Crippen molar-refractivity contribution in [2.45, 2.75) is 44.2 Å². The number of nitrogens with one attached hydrogen (secondary N) is 1.